The summed E-state index contributed by atoms with van der Waals surface area (Å²) in [7, 11) is 0. The number of rotatable bonds is 5. The van der Waals surface area contributed by atoms with E-state index in [2.05, 4.69) is 0 Å². The number of amides is 1. The topological polar surface area (TPSA) is 49.3 Å². The highest BCUT2D eigenvalue weighted by molar-refractivity contribution is 5.82. The molecule has 0 radical (unpaired) electrons. The van der Waals surface area contributed by atoms with Crippen LogP contribution in [0, 0.1) is 0 Å². The first-order valence-corrected chi connectivity index (χ1v) is 5.39. The maximum Gasteiger partial charge on any atom is 0.250 e. The number of allylic oxidation sites excluding steroid dienone is 2. The zero-order chi connectivity index (χ0) is 11.8. The Morgan fingerprint density at radius 2 is 2.12 bits per heavy atom. The molecule has 16 heavy (non-hydrogen) atoms. The van der Waals surface area contributed by atoms with Crippen LogP contribution >= 0.6 is 0 Å². The fraction of sp³-hybridized carbons (Fsp3) is 0.308. The number of carbonyl (C=O) groups excluding carboxylic acids is 1. The lowest BCUT2D eigenvalue weighted by Gasteiger charge is -2.13. The molecule has 3 heteroatoms. The second-order valence-corrected chi connectivity index (χ2v) is 3.59. The largest absolute Gasteiger partial charge is 0.289 e. The molecule has 1 amide bonds. The van der Waals surface area contributed by atoms with Gasteiger partial charge in [-0.05, 0) is 25.3 Å². The summed E-state index contributed by atoms with van der Waals surface area (Å²) in [6, 6.07) is 9.49. The van der Waals surface area contributed by atoms with Crippen LogP contribution in [0.1, 0.15) is 31.2 Å². The first-order chi connectivity index (χ1) is 7.79. The molecule has 0 spiro atoms. The Kier molecular flexibility index (Phi) is 5.29. The monoisotopic (exact) mass is 219 g/mol. The summed E-state index contributed by atoms with van der Waals surface area (Å²) in [5.74, 6) is -0.641. The third-order valence-electron chi connectivity index (χ3n) is 2.49. The Bertz CT molecular complexity index is 346. The van der Waals surface area contributed by atoms with Gasteiger partial charge >= 0.3 is 0 Å². The van der Waals surface area contributed by atoms with Crippen molar-refractivity contribution in [2.45, 2.75) is 25.7 Å². The minimum absolute atomic E-state index is 0.289. The lowest BCUT2D eigenvalue weighted by molar-refractivity contribution is -0.130. The van der Waals surface area contributed by atoms with Gasteiger partial charge in [-0.25, -0.2) is 5.48 Å². The molecular formula is C13H17NO2. The molecule has 1 rings (SSSR count). The molecule has 1 aromatic carbocycles. The molecule has 0 fully saturated rings. The summed E-state index contributed by atoms with van der Waals surface area (Å²) < 4.78 is 0. The molecule has 2 N–H and O–H groups in total. The fourth-order valence-corrected chi connectivity index (χ4v) is 1.64. The van der Waals surface area contributed by atoms with Crippen LogP contribution in [0.2, 0.25) is 0 Å². The summed E-state index contributed by atoms with van der Waals surface area (Å²) in [4.78, 5) is 11.5. The molecule has 0 saturated heterocycles. The number of hydrogen-bond acceptors (Lipinski definition) is 2. The van der Waals surface area contributed by atoms with E-state index in [1.807, 2.05) is 49.4 Å². The van der Waals surface area contributed by atoms with E-state index < -0.39 is 0 Å². The molecule has 0 aromatic heterocycles. The molecule has 0 heterocycles. The summed E-state index contributed by atoms with van der Waals surface area (Å²) >= 11 is 0. The van der Waals surface area contributed by atoms with Crippen molar-refractivity contribution >= 4 is 5.91 Å². The van der Waals surface area contributed by atoms with Gasteiger partial charge in [0.05, 0.1) is 5.92 Å². The second kappa shape index (κ2) is 6.80. The van der Waals surface area contributed by atoms with Gasteiger partial charge in [0.2, 0.25) is 0 Å². The molecule has 0 aliphatic carbocycles. The Morgan fingerprint density at radius 1 is 1.44 bits per heavy atom. The van der Waals surface area contributed by atoms with E-state index in [9.17, 15) is 4.79 Å². The first kappa shape index (κ1) is 12.5. The van der Waals surface area contributed by atoms with Crippen molar-refractivity contribution in [3.8, 4) is 0 Å². The van der Waals surface area contributed by atoms with Crippen LogP contribution in [-0.4, -0.2) is 11.1 Å². The molecule has 1 aromatic rings. The SMILES string of the molecule is C/C=C/CCC(C(=O)NO)c1ccccc1. The van der Waals surface area contributed by atoms with Gasteiger partial charge in [0.25, 0.3) is 5.91 Å². The van der Waals surface area contributed by atoms with Gasteiger partial charge in [-0.3, -0.25) is 10.0 Å². The van der Waals surface area contributed by atoms with E-state index in [0.717, 1.165) is 12.0 Å². The summed E-state index contributed by atoms with van der Waals surface area (Å²) in [5.41, 5.74) is 2.66. The minimum atomic E-state index is -0.351. The molecule has 1 unspecified atom stereocenters. The molecule has 0 aliphatic heterocycles. The standard InChI is InChI=1S/C13H17NO2/c1-2-3-5-10-12(13(15)14-16)11-8-6-4-7-9-11/h2-4,6-9,12,16H,5,10H2,1H3,(H,14,15)/b3-2+. The quantitative estimate of drug-likeness (QED) is 0.454. The van der Waals surface area contributed by atoms with Crippen LogP contribution < -0.4 is 5.48 Å². The van der Waals surface area contributed by atoms with Gasteiger partial charge in [0.1, 0.15) is 0 Å². The molecule has 0 saturated carbocycles. The normalized spacial score (nSPS) is 12.6. The molecule has 3 nitrogen and oxygen atoms in total. The van der Waals surface area contributed by atoms with Gasteiger partial charge in [0.15, 0.2) is 0 Å². The molecular weight excluding hydrogens is 202 g/mol. The van der Waals surface area contributed by atoms with Crippen molar-refractivity contribution in [3.05, 3.63) is 48.0 Å². The second-order valence-electron chi connectivity index (χ2n) is 3.59. The van der Waals surface area contributed by atoms with Crippen LogP contribution in [0.25, 0.3) is 0 Å². The molecule has 86 valence electrons. The lowest BCUT2D eigenvalue weighted by atomic mass is 9.93. The zero-order valence-electron chi connectivity index (χ0n) is 9.39. The highest BCUT2D eigenvalue weighted by Crippen LogP contribution is 2.21. The van der Waals surface area contributed by atoms with Crippen molar-refractivity contribution < 1.29 is 10.0 Å². The number of hydroxylamine groups is 1. The van der Waals surface area contributed by atoms with Crippen molar-refractivity contribution in [2.24, 2.45) is 0 Å². The van der Waals surface area contributed by atoms with Gasteiger partial charge < -0.3 is 0 Å². The van der Waals surface area contributed by atoms with E-state index >= 15 is 0 Å². The molecule has 1 atom stereocenters. The van der Waals surface area contributed by atoms with Crippen LogP contribution in [0.3, 0.4) is 0 Å². The predicted octanol–water partition coefficient (Wildman–Crippen LogP) is 2.63. The van der Waals surface area contributed by atoms with E-state index in [1.54, 1.807) is 5.48 Å². The molecule has 0 aliphatic rings. The maximum absolute atomic E-state index is 11.5. The number of hydrogen-bond donors (Lipinski definition) is 2. The highest BCUT2D eigenvalue weighted by atomic mass is 16.5. The van der Waals surface area contributed by atoms with Crippen molar-refractivity contribution in [2.75, 3.05) is 0 Å². The van der Waals surface area contributed by atoms with Crippen LogP contribution in [0.15, 0.2) is 42.5 Å². The summed E-state index contributed by atoms with van der Waals surface area (Å²) in [5, 5.41) is 8.71. The average molecular weight is 219 g/mol. The Morgan fingerprint density at radius 3 is 2.69 bits per heavy atom. The van der Waals surface area contributed by atoms with Crippen molar-refractivity contribution in [1.82, 2.24) is 5.48 Å². The van der Waals surface area contributed by atoms with E-state index in [0.29, 0.717) is 6.42 Å². The van der Waals surface area contributed by atoms with Gasteiger partial charge in [0, 0.05) is 0 Å². The van der Waals surface area contributed by atoms with Crippen molar-refractivity contribution in [3.63, 3.8) is 0 Å². The maximum atomic E-state index is 11.5. The van der Waals surface area contributed by atoms with Crippen molar-refractivity contribution in [1.29, 1.82) is 0 Å². The predicted molar refractivity (Wildman–Crippen MR) is 63.2 cm³/mol. The van der Waals surface area contributed by atoms with Crippen LogP contribution in [0.5, 0.6) is 0 Å². The lowest BCUT2D eigenvalue weighted by Crippen LogP contribution is -2.26. The number of nitrogens with one attached hydrogen (secondary N) is 1. The Balaban J connectivity index is 2.75. The third-order valence-corrected chi connectivity index (χ3v) is 2.49. The minimum Gasteiger partial charge on any atom is -0.289 e. The van der Waals surface area contributed by atoms with Gasteiger partial charge in [-0.1, -0.05) is 42.5 Å². The molecule has 0 bridgehead atoms. The Labute approximate surface area is 95.8 Å². The van der Waals surface area contributed by atoms with E-state index in [4.69, 9.17) is 5.21 Å². The third kappa shape index (κ3) is 3.51. The fourth-order valence-electron chi connectivity index (χ4n) is 1.64. The summed E-state index contributed by atoms with van der Waals surface area (Å²) in [6.07, 6.45) is 5.49. The van der Waals surface area contributed by atoms with Crippen LogP contribution in [0.4, 0.5) is 0 Å². The van der Waals surface area contributed by atoms with Gasteiger partial charge in [-0.2, -0.15) is 0 Å². The zero-order valence-corrected chi connectivity index (χ0v) is 9.39. The van der Waals surface area contributed by atoms with E-state index in [1.165, 1.54) is 0 Å². The van der Waals surface area contributed by atoms with E-state index in [-0.39, 0.29) is 11.8 Å². The summed E-state index contributed by atoms with van der Waals surface area (Å²) in [6.45, 7) is 1.95. The highest BCUT2D eigenvalue weighted by Gasteiger charge is 2.18. The Hall–Kier alpha value is -1.61. The smallest absolute Gasteiger partial charge is 0.250 e. The van der Waals surface area contributed by atoms with Crippen LogP contribution in [-0.2, 0) is 4.79 Å². The average Bonchev–Trinajstić information content (AvgIpc) is 2.35. The first-order valence-electron chi connectivity index (χ1n) is 5.39. The van der Waals surface area contributed by atoms with Gasteiger partial charge in [-0.15, -0.1) is 0 Å². The number of carbonyl (C=O) groups is 1. The number of benzene rings is 1.